The predicted molar refractivity (Wildman–Crippen MR) is 101 cm³/mol. The molecule has 3 rings (SSSR count). The van der Waals surface area contributed by atoms with Gasteiger partial charge in [-0.3, -0.25) is 4.79 Å². The minimum atomic E-state index is -0.321. The van der Waals surface area contributed by atoms with Crippen LogP contribution >= 0.6 is 0 Å². The van der Waals surface area contributed by atoms with Gasteiger partial charge in [-0.25, -0.2) is 9.37 Å². The molecule has 138 valence electrons. The van der Waals surface area contributed by atoms with Gasteiger partial charge in [0.15, 0.2) is 5.82 Å². The van der Waals surface area contributed by atoms with Gasteiger partial charge in [-0.05, 0) is 55.8 Å². The van der Waals surface area contributed by atoms with Crippen LogP contribution in [0.25, 0.3) is 11.4 Å². The molecule has 0 radical (unpaired) electrons. The van der Waals surface area contributed by atoms with Gasteiger partial charge in [-0.2, -0.15) is 4.98 Å². The first-order valence-corrected chi connectivity index (χ1v) is 8.73. The quantitative estimate of drug-likeness (QED) is 0.693. The molecule has 1 aromatic heterocycles. The monoisotopic (exact) mass is 365 g/mol. The van der Waals surface area contributed by atoms with Crippen LogP contribution in [-0.2, 0) is 0 Å². The SMILES string of the molecule is CCC(C)NC(=O)c1cccc(Oc2ccnc(-c3ccc(F)cc3)n2)c1. The Labute approximate surface area is 157 Å². The lowest BCUT2D eigenvalue weighted by Crippen LogP contribution is -2.31. The number of carbonyl (C=O) groups is 1. The fourth-order valence-electron chi connectivity index (χ4n) is 2.37. The normalized spacial score (nSPS) is 11.7. The summed E-state index contributed by atoms with van der Waals surface area (Å²) in [6, 6.07) is 14.5. The highest BCUT2D eigenvalue weighted by atomic mass is 19.1. The van der Waals surface area contributed by atoms with Crippen LogP contribution in [0, 0.1) is 5.82 Å². The van der Waals surface area contributed by atoms with Gasteiger partial charge in [-0.1, -0.05) is 13.0 Å². The third-order valence-electron chi connectivity index (χ3n) is 4.04. The van der Waals surface area contributed by atoms with Crippen molar-refractivity contribution in [2.24, 2.45) is 0 Å². The van der Waals surface area contributed by atoms with Crippen LogP contribution in [0.5, 0.6) is 11.6 Å². The number of benzene rings is 2. The number of nitrogens with zero attached hydrogens (tertiary/aromatic N) is 2. The zero-order valence-electron chi connectivity index (χ0n) is 15.1. The summed E-state index contributed by atoms with van der Waals surface area (Å²) in [4.78, 5) is 20.8. The van der Waals surface area contributed by atoms with Crippen LogP contribution in [0.15, 0.2) is 60.8 Å². The summed E-state index contributed by atoms with van der Waals surface area (Å²) in [5.41, 5.74) is 1.20. The van der Waals surface area contributed by atoms with Gasteiger partial charge in [0.1, 0.15) is 11.6 Å². The summed E-state index contributed by atoms with van der Waals surface area (Å²) in [6.45, 7) is 3.97. The summed E-state index contributed by atoms with van der Waals surface area (Å²) >= 11 is 0. The second-order valence-corrected chi connectivity index (χ2v) is 6.14. The lowest BCUT2D eigenvalue weighted by atomic mass is 10.2. The number of amides is 1. The Morgan fingerprint density at radius 1 is 1.19 bits per heavy atom. The van der Waals surface area contributed by atoms with E-state index in [1.807, 2.05) is 13.8 Å². The molecular weight excluding hydrogens is 345 g/mol. The molecule has 0 saturated heterocycles. The highest BCUT2D eigenvalue weighted by Gasteiger charge is 2.10. The average Bonchev–Trinajstić information content (AvgIpc) is 2.69. The first-order valence-electron chi connectivity index (χ1n) is 8.73. The topological polar surface area (TPSA) is 64.1 Å². The Bertz CT molecular complexity index is 929. The number of hydrogen-bond acceptors (Lipinski definition) is 4. The second-order valence-electron chi connectivity index (χ2n) is 6.14. The number of ether oxygens (including phenoxy) is 1. The molecule has 6 heteroatoms. The Hall–Kier alpha value is -3.28. The molecule has 0 bridgehead atoms. The van der Waals surface area contributed by atoms with Gasteiger partial charge in [-0.15, -0.1) is 0 Å². The fourth-order valence-corrected chi connectivity index (χ4v) is 2.37. The number of rotatable bonds is 6. The second kappa shape index (κ2) is 8.40. The molecule has 1 atom stereocenters. The minimum Gasteiger partial charge on any atom is -0.439 e. The molecule has 0 fully saturated rings. The Balaban J connectivity index is 1.77. The summed E-state index contributed by atoms with van der Waals surface area (Å²) in [7, 11) is 0. The number of aromatic nitrogens is 2. The molecular formula is C21H20FN3O2. The first-order chi connectivity index (χ1) is 13.0. The van der Waals surface area contributed by atoms with E-state index in [9.17, 15) is 9.18 Å². The van der Waals surface area contributed by atoms with Gasteiger partial charge in [0.05, 0.1) is 0 Å². The van der Waals surface area contributed by atoms with E-state index < -0.39 is 0 Å². The van der Waals surface area contributed by atoms with Gasteiger partial charge in [0.25, 0.3) is 5.91 Å². The van der Waals surface area contributed by atoms with E-state index in [0.717, 1.165) is 6.42 Å². The van der Waals surface area contributed by atoms with Crippen LogP contribution in [0.1, 0.15) is 30.6 Å². The number of nitrogens with one attached hydrogen (secondary N) is 1. The molecule has 1 unspecified atom stereocenters. The highest BCUT2D eigenvalue weighted by Crippen LogP contribution is 2.23. The third-order valence-corrected chi connectivity index (χ3v) is 4.04. The van der Waals surface area contributed by atoms with Crippen molar-refractivity contribution >= 4 is 5.91 Å². The molecule has 0 aliphatic rings. The summed E-state index contributed by atoms with van der Waals surface area (Å²) < 4.78 is 18.9. The van der Waals surface area contributed by atoms with Crippen molar-refractivity contribution < 1.29 is 13.9 Å². The van der Waals surface area contributed by atoms with Crippen LogP contribution in [-0.4, -0.2) is 21.9 Å². The Morgan fingerprint density at radius 3 is 2.70 bits per heavy atom. The van der Waals surface area contributed by atoms with Crippen LogP contribution in [0.3, 0.4) is 0 Å². The largest absolute Gasteiger partial charge is 0.439 e. The Kier molecular flexibility index (Phi) is 5.76. The summed E-state index contributed by atoms with van der Waals surface area (Å²) in [5, 5.41) is 2.92. The van der Waals surface area contributed by atoms with Crippen molar-refractivity contribution in [2.75, 3.05) is 0 Å². The van der Waals surface area contributed by atoms with Crippen LogP contribution in [0.2, 0.25) is 0 Å². The van der Waals surface area contributed by atoms with Crippen molar-refractivity contribution in [3.05, 3.63) is 72.2 Å². The minimum absolute atomic E-state index is 0.0993. The Morgan fingerprint density at radius 2 is 1.96 bits per heavy atom. The number of halogens is 1. The smallest absolute Gasteiger partial charge is 0.251 e. The molecule has 1 N–H and O–H groups in total. The number of hydrogen-bond donors (Lipinski definition) is 1. The summed E-state index contributed by atoms with van der Waals surface area (Å²) in [6.07, 6.45) is 2.43. The molecule has 5 nitrogen and oxygen atoms in total. The molecule has 0 aliphatic heterocycles. The maximum absolute atomic E-state index is 13.1. The van der Waals surface area contributed by atoms with Gasteiger partial charge < -0.3 is 10.1 Å². The predicted octanol–water partition coefficient (Wildman–Crippen LogP) is 4.60. The lowest BCUT2D eigenvalue weighted by Gasteiger charge is -2.12. The number of carbonyl (C=O) groups excluding carboxylic acids is 1. The van der Waals surface area contributed by atoms with E-state index in [2.05, 4.69) is 15.3 Å². The molecule has 2 aromatic carbocycles. The van der Waals surface area contributed by atoms with Crippen molar-refractivity contribution in [3.63, 3.8) is 0 Å². The molecule has 0 spiro atoms. The lowest BCUT2D eigenvalue weighted by molar-refractivity contribution is 0.0939. The zero-order valence-corrected chi connectivity index (χ0v) is 15.1. The van der Waals surface area contributed by atoms with Crippen molar-refractivity contribution in [2.45, 2.75) is 26.3 Å². The van der Waals surface area contributed by atoms with Crippen LogP contribution in [0.4, 0.5) is 4.39 Å². The standard InChI is InChI=1S/C21H20FN3O2/c1-3-14(2)24-21(26)16-5-4-6-18(13-16)27-19-11-12-23-20(25-19)15-7-9-17(22)10-8-15/h4-14H,3H2,1-2H3,(H,24,26). The molecule has 1 amide bonds. The van der Waals surface area contributed by atoms with Crippen molar-refractivity contribution in [1.82, 2.24) is 15.3 Å². The van der Waals surface area contributed by atoms with Gasteiger partial charge in [0, 0.05) is 29.4 Å². The summed E-state index contributed by atoms with van der Waals surface area (Å²) in [5.74, 6) is 0.792. The van der Waals surface area contributed by atoms with E-state index in [4.69, 9.17) is 4.74 Å². The first kappa shape index (κ1) is 18.5. The van der Waals surface area contributed by atoms with E-state index >= 15 is 0 Å². The van der Waals surface area contributed by atoms with E-state index in [1.54, 1.807) is 48.7 Å². The molecule has 3 aromatic rings. The average molecular weight is 365 g/mol. The fraction of sp³-hybridized carbons (Fsp3) is 0.190. The van der Waals surface area contributed by atoms with Gasteiger partial charge >= 0.3 is 0 Å². The highest BCUT2D eigenvalue weighted by molar-refractivity contribution is 5.94. The molecule has 1 heterocycles. The van der Waals surface area contributed by atoms with Crippen molar-refractivity contribution in [3.8, 4) is 23.0 Å². The maximum atomic E-state index is 13.1. The van der Waals surface area contributed by atoms with E-state index in [-0.39, 0.29) is 17.8 Å². The molecule has 27 heavy (non-hydrogen) atoms. The third kappa shape index (κ3) is 4.88. The van der Waals surface area contributed by atoms with E-state index in [0.29, 0.717) is 28.6 Å². The molecule has 0 aliphatic carbocycles. The molecule has 0 saturated carbocycles. The van der Waals surface area contributed by atoms with Gasteiger partial charge in [0.2, 0.25) is 5.88 Å². The van der Waals surface area contributed by atoms with Crippen LogP contribution < -0.4 is 10.1 Å². The zero-order chi connectivity index (χ0) is 19.2. The van der Waals surface area contributed by atoms with E-state index in [1.165, 1.54) is 12.1 Å². The maximum Gasteiger partial charge on any atom is 0.251 e. The van der Waals surface area contributed by atoms with Crippen molar-refractivity contribution in [1.29, 1.82) is 0 Å².